The third-order valence-electron chi connectivity index (χ3n) is 6.83. The van der Waals surface area contributed by atoms with Crippen LogP contribution in [0.4, 0.5) is 17.1 Å². The topological polar surface area (TPSA) is 142 Å². The molecule has 0 bridgehead atoms. The number of rotatable bonds is 2. The number of carbonyl (C=O) groups is 2. The molecule has 1 atom stereocenters. The number of hydrogen-bond donors (Lipinski definition) is 2. The molecule has 0 fully saturated rings. The van der Waals surface area contributed by atoms with Crippen molar-refractivity contribution in [3.05, 3.63) is 85.9 Å². The summed E-state index contributed by atoms with van der Waals surface area (Å²) in [4.78, 5) is 39.6. The molecule has 1 spiro atoms. The van der Waals surface area contributed by atoms with Crippen LogP contribution in [-0.4, -0.2) is 16.6 Å². The average Bonchev–Trinajstić information content (AvgIpc) is 3.06. The first-order chi connectivity index (χ1) is 16.2. The summed E-state index contributed by atoms with van der Waals surface area (Å²) in [5.74, 6) is -0.742. The van der Waals surface area contributed by atoms with Gasteiger partial charge in [0.2, 0.25) is 5.91 Å². The number of fused-ring (bicyclic) bond motifs is 3. The lowest BCUT2D eigenvalue weighted by atomic mass is 9.63. The van der Waals surface area contributed by atoms with Crippen molar-refractivity contribution in [2.45, 2.75) is 38.5 Å². The maximum atomic E-state index is 13.6. The summed E-state index contributed by atoms with van der Waals surface area (Å²) in [6.07, 6.45) is 1.20. The van der Waals surface area contributed by atoms with E-state index in [4.69, 9.17) is 5.73 Å². The number of nitro benzene ring substituents is 1. The molecular weight excluding hydrogens is 434 g/mol. The fraction of sp³-hybridized carbons (Fsp3) is 0.240. The van der Waals surface area contributed by atoms with E-state index in [0.717, 1.165) is 5.56 Å². The number of amides is 1. The van der Waals surface area contributed by atoms with Gasteiger partial charge in [0.1, 0.15) is 17.3 Å². The molecule has 0 saturated carbocycles. The molecule has 3 aliphatic rings. The normalized spacial score (nSPS) is 21.4. The number of nitriles is 1. The minimum Gasteiger partial charge on any atom is -0.384 e. The van der Waals surface area contributed by atoms with Gasteiger partial charge < -0.3 is 11.1 Å². The quantitative estimate of drug-likeness (QED) is 0.520. The number of hydrogen-bond acceptors (Lipinski definition) is 7. The molecule has 5 rings (SSSR count). The van der Waals surface area contributed by atoms with E-state index < -0.39 is 16.2 Å². The molecule has 9 heteroatoms. The molecule has 1 amide bonds. The van der Waals surface area contributed by atoms with Crippen molar-refractivity contribution in [2.75, 3.05) is 10.2 Å². The number of nitrogens with one attached hydrogen (secondary N) is 1. The van der Waals surface area contributed by atoms with Gasteiger partial charge in [0, 0.05) is 41.1 Å². The average molecular weight is 455 g/mol. The first-order valence-corrected chi connectivity index (χ1v) is 10.9. The molecule has 2 aliphatic heterocycles. The molecule has 3 N–H and O–H groups in total. The van der Waals surface area contributed by atoms with Crippen molar-refractivity contribution in [2.24, 2.45) is 5.73 Å². The number of non-ortho nitro benzene ring substituents is 1. The summed E-state index contributed by atoms with van der Waals surface area (Å²) in [6, 6.07) is 11.9. The van der Waals surface area contributed by atoms with Crippen LogP contribution in [0.5, 0.6) is 0 Å². The van der Waals surface area contributed by atoms with E-state index in [1.807, 2.05) is 13.0 Å². The molecule has 34 heavy (non-hydrogen) atoms. The number of carbonyl (C=O) groups excluding carboxylic acids is 2. The van der Waals surface area contributed by atoms with E-state index in [2.05, 4.69) is 11.4 Å². The summed E-state index contributed by atoms with van der Waals surface area (Å²) in [7, 11) is 0. The lowest BCUT2D eigenvalue weighted by Crippen LogP contribution is -2.50. The van der Waals surface area contributed by atoms with Crippen LogP contribution < -0.4 is 16.0 Å². The lowest BCUT2D eigenvalue weighted by Gasteiger charge is -2.43. The zero-order chi connectivity index (χ0) is 24.4. The molecule has 9 nitrogen and oxygen atoms in total. The van der Waals surface area contributed by atoms with E-state index >= 15 is 0 Å². The summed E-state index contributed by atoms with van der Waals surface area (Å²) in [6.45, 7) is 3.64. The van der Waals surface area contributed by atoms with E-state index in [0.29, 0.717) is 41.0 Å². The number of anilines is 2. The molecule has 2 aromatic rings. The maximum absolute atomic E-state index is 13.6. The van der Waals surface area contributed by atoms with Gasteiger partial charge in [-0.25, -0.2) is 0 Å². The SMILES string of the molecule is Cc1ccc2c(c1)C1(C(=O)N2)C(C#N)=C(N)N(c2cc([N+](=O)[O-])ccc2C)C2=C1C(=O)CCC2. The third-order valence-corrected chi connectivity index (χ3v) is 6.83. The second-order valence-electron chi connectivity index (χ2n) is 8.79. The van der Waals surface area contributed by atoms with Crippen molar-refractivity contribution in [1.29, 1.82) is 5.26 Å². The van der Waals surface area contributed by atoms with E-state index in [1.54, 1.807) is 30.0 Å². The molecular formula is C25H21N5O4. The van der Waals surface area contributed by atoms with Crippen molar-refractivity contribution in [3.8, 4) is 6.07 Å². The zero-order valence-electron chi connectivity index (χ0n) is 18.6. The van der Waals surface area contributed by atoms with Gasteiger partial charge in [-0.1, -0.05) is 23.8 Å². The minimum atomic E-state index is -1.65. The third kappa shape index (κ3) is 2.65. The molecule has 0 radical (unpaired) electrons. The Morgan fingerprint density at radius 3 is 2.65 bits per heavy atom. The first-order valence-electron chi connectivity index (χ1n) is 10.9. The van der Waals surface area contributed by atoms with Gasteiger partial charge in [0.15, 0.2) is 5.78 Å². The van der Waals surface area contributed by atoms with Crippen LogP contribution in [0.25, 0.3) is 0 Å². The van der Waals surface area contributed by atoms with Gasteiger partial charge in [-0.05, 0) is 38.3 Å². The van der Waals surface area contributed by atoms with E-state index in [-0.39, 0.29) is 34.9 Å². The van der Waals surface area contributed by atoms with Crippen LogP contribution in [0, 0.1) is 35.3 Å². The standard InChI is InChI=1S/C25H21N5O4/c1-13-6-9-18-16(10-13)25(24(32)28-18)17(12-26)23(27)29(19-4-3-5-21(31)22(19)25)20-11-15(30(33)34)8-7-14(20)2/h6-11H,3-5,27H2,1-2H3,(H,28,32). The van der Waals surface area contributed by atoms with Gasteiger partial charge in [-0.3, -0.25) is 24.6 Å². The monoisotopic (exact) mass is 455 g/mol. The number of allylic oxidation sites excluding steroid dienone is 1. The maximum Gasteiger partial charge on any atom is 0.271 e. The fourth-order valence-corrected chi connectivity index (χ4v) is 5.33. The summed E-state index contributed by atoms with van der Waals surface area (Å²) in [5.41, 5.74) is 8.48. The molecule has 1 aliphatic carbocycles. The summed E-state index contributed by atoms with van der Waals surface area (Å²) < 4.78 is 0. The molecule has 0 saturated heterocycles. The van der Waals surface area contributed by atoms with Crippen LogP contribution in [0.1, 0.15) is 36.0 Å². The molecule has 170 valence electrons. The van der Waals surface area contributed by atoms with Crippen molar-refractivity contribution in [3.63, 3.8) is 0 Å². The smallest absolute Gasteiger partial charge is 0.271 e. The highest BCUT2D eigenvalue weighted by molar-refractivity contribution is 6.19. The van der Waals surface area contributed by atoms with Crippen LogP contribution in [0.15, 0.2) is 59.1 Å². The van der Waals surface area contributed by atoms with Gasteiger partial charge in [-0.2, -0.15) is 5.26 Å². The number of nitro groups is 1. The predicted molar refractivity (Wildman–Crippen MR) is 125 cm³/mol. The predicted octanol–water partition coefficient (Wildman–Crippen LogP) is 3.62. The zero-order valence-corrected chi connectivity index (χ0v) is 18.6. The fourth-order valence-electron chi connectivity index (χ4n) is 5.33. The largest absolute Gasteiger partial charge is 0.384 e. The van der Waals surface area contributed by atoms with Crippen molar-refractivity contribution in [1.82, 2.24) is 0 Å². The van der Waals surface area contributed by atoms with E-state index in [1.165, 1.54) is 12.1 Å². The highest BCUT2D eigenvalue weighted by Crippen LogP contribution is 2.55. The van der Waals surface area contributed by atoms with Gasteiger partial charge >= 0.3 is 0 Å². The van der Waals surface area contributed by atoms with Crippen LogP contribution in [0.2, 0.25) is 0 Å². The Bertz CT molecular complexity index is 1430. The summed E-state index contributed by atoms with van der Waals surface area (Å²) >= 11 is 0. The van der Waals surface area contributed by atoms with Crippen molar-refractivity contribution < 1.29 is 14.5 Å². The Balaban J connectivity index is 1.89. The van der Waals surface area contributed by atoms with Crippen LogP contribution in [0.3, 0.4) is 0 Å². The van der Waals surface area contributed by atoms with E-state index in [9.17, 15) is 25.0 Å². The molecule has 1 unspecified atom stereocenters. The molecule has 2 aromatic carbocycles. The van der Waals surface area contributed by atoms with Crippen LogP contribution in [-0.2, 0) is 15.0 Å². The molecule has 2 heterocycles. The number of benzene rings is 2. The Morgan fingerprint density at radius 2 is 1.94 bits per heavy atom. The Morgan fingerprint density at radius 1 is 1.18 bits per heavy atom. The highest BCUT2D eigenvalue weighted by Gasteiger charge is 2.60. The first kappa shape index (κ1) is 21.4. The van der Waals surface area contributed by atoms with Gasteiger partial charge in [0.25, 0.3) is 5.69 Å². The lowest BCUT2D eigenvalue weighted by molar-refractivity contribution is -0.384. The van der Waals surface area contributed by atoms with Crippen molar-refractivity contribution >= 4 is 28.8 Å². The number of ketones is 1. The molecule has 0 aromatic heterocycles. The number of nitrogens with zero attached hydrogens (tertiary/aromatic N) is 3. The van der Waals surface area contributed by atoms with Gasteiger partial charge in [0.05, 0.1) is 16.2 Å². The second-order valence-corrected chi connectivity index (χ2v) is 8.79. The second kappa shape index (κ2) is 7.28. The number of Topliss-reactive ketones (excluding diaryl/α,β-unsaturated/α-hetero) is 1. The number of nitrogens with two attached hydrogens (primary N) is 1. The van der Waals surface area contributed by atoms with Gasteiger partial charge in [-0.15, -0.1) is 0 Å². The Labute approximate surface area is 195 Å². The minimum absolute atomic E-state index is 0.0101. The summed E-state index contributed by atoms with van der Waals surface area (Å²) in [5, 5.41) is 24.6. The Kier molecular flexibility index (Phi) is 4.58. The Hall–Kier alpha value is -4.45. The van der Waals surface area contributed by atoms with Crippen LogP contribution >= 0.6 is 0 Å². The number of aryl methyl sites for hydroxylation is 2. The highest BCUT2D eigenvalue weighted by atomic mass is 16.6.